The number of rotatable bonds is 2. The summed E-state index contributed by atoms with van der Waals surface area (Å²) in [5.74, 6) is 0.463. The molecule has 3 aliphatic rings. The van der Waals surface area contributed by atoms with Crippen molar-refractivity contribution >= 4 is 27.1 Å². The predicted molar refractivity (Wildman–Crippen MR) is 80.7 cm³/mol. The number of nitrogens with zero attached hydrogens (tertiary/aromatic N) is 1. The van der Waals surface area contributed by atoms with Gasteiger partial charge < -0.3 is 4.90 Å². The molecule has 1 aromatic heterocycles. The third-order valence-corrected chi connectivity index (χ3v) is 7.28. The minimum Gasteiger partial charge on any atom is -0.317 e. The minimum atomic E-state index is -3.02. The predicted octanol–water partition coefficient (Wildman–Crippen LogP) is 1.29. The van der Waals surface area contributed by atoms with Crippen molar-refractivity contribution in [2.75, 3.05) is 11.5 Å². The van der Waals surface area contributed by atoms with Crippen LogP contribution in [0.5, 0.6) is 0 Å². The molecule has 3 heterocycles. The van der Waals surface area contributed by atoms with Gasteiger partial charge in [-0.05, 0) is 48.1 Å². The van der Waals surface area contributed by atoms with Crippen LogP contribution in [-0.2, 0) is 14.6 Å². The van der Waals surface area contributed by atoms with Crippen LogP contribution in [0.1, 0.15) is 37.4 Å². The highest BCUT2D eigenvalue weighted by Crippen LogP contribution is 2.47. The molecule has 1 amide bonds. The molecule has 4 rings (SSSR count). The smallest absolute Gasteiger partial charge is 0.244 e. The van der Waals surface area contributed by atoms with Gasteiger partial charge in [0.15, 0.2) is 9.84 Å². The van der Waals surface area contributed by atoms with E-state index >= 15 is 0 Å². The standard InChI is InChI=1S/C14H18N2O3S2/c17-13-14(4-5-14)15-12(10-3-6-20-8-10)16(13)11-2-1-7-21(18,19)9-11/h3,6,8,11-12,15H,1-2,4-5,7,9H2. The summed E-state index contributed by atoms with van der Waals surface area (Å²) in [6, 6.07) is 1.83. The Morgan fingerprint density at radius 1 is 1.38 bits per heavy atom. The number of amides is 1. The van der Waals surface area contributed by atoms with Gasteiger partial charge in [0.1, 0.15) is 11.7 Å². The third-order valence-electron chi connectivity index (χ3n) is 4.78. The first kappa shape index (κ1) is 13.7. The van der Waals surface area contributed by atoms with Crippen LogP contribution >= 0.6 is 11.3 Å². The maximum Gasteiger partial charge on any atom is 0.244 e. The Morgan fingerprint density at radius 2 is 2.19 bits per heavy atom. The molecular weight excluding hydrogens is 308 g/mol. The fourth-order valence-electron chi connectivity index (χ4n) is 3.51. The molecule has 1 N–H and O–H groups in total. The van der Waals surface area contributed by atoms with Gasteiger partial charge in [0, 0.05) is 6.04 Å². The number of thiophene rings is 1. The number of carbonyl (C=O) groups is 1. The first-order valence-electron chi connectivity index (χ1n) is 7.34. The van der Waals surface area contributed by atoms with Crippen LogP contribution in [0.15, 0.2) is 16.8 Å². The molecule has 3 fully saturated rings. The fraction of sp³-hybridized carbons (Fsp3) is 0.643. The van der Waals surface area contributed by atoms with E-state index in [9.17, 15) is 13.2 Å². The first-order chi connectivity index (χ1) is 10.0. The Kier molecular flexibility index (Phi) is 2.96. The van der Waals surface area contributed by atoms with Crippen LogP contribution in [0, 0.1) is 0 Å². The molecule has 1 aromatic rings. The maximum absolute atomic E-state index is 12.8. The minimum absolute atomic E-state index is 0.0980. The van der Waals surface area contributed by atoms with Crippen molar-refractivity contribution in [3.63, 3.8) is 0 Å². The molecule has 0 aromatic carbocycles. The normalized spacial score (nSPS) is 33.5. The van der Waals surface area contributed by atoms with Crippen molar-refractivity contribution in [2.45, 2.75) is 43.4 Å². The highest BCUT2D eigenvalue weighted by molar-refractivity contribution is 7.91. The van der Waals surface area contributed by atoms with E-state index in [0.29, 0.717) is 6.42 Å². The molecule has 21 heavy (non-hydrogen) atoms. The van der Waals surface area contributed by atoms with E-state index in [1.807, 2.05) is 21.7 Å². The summed E-state index contributed by atoms with van der Waals surface area (Å²) in [4.78, 5) is 14.6. The van der Waals surface area contributed by atoms with Gasteiger partial charge in [0.05, 0.1) is 11.5 Å². The van der Waals surface area contributed by atoms with Crippen molar-refractivity contribution in [1.82, 2.24) is 10.2 Å². The Hall–Kier alpha value is -0.920. The Morgan fingerprint density at radius 3 is 2.81 bits per heavy atom. The van der Waals surface area contributed by atoms with Gasteiger partial charge in [-0.3, -0.25) is 10.1 Å². The van der Waals surface area contributed by atoms with E-state index in [2.05, 4.69) is 5.32 Å². The second-order valence-corrected chi connectivity index (χ2v) is 9.32. The molecular formula is C14H18N2O3S2. The summed E-state index contributed by atoms with van der Waals surface area (Å²) in [7, 11) is -3.02. The molecule has 1 saturated carbocycles. The molecule has 114 valence electrons. The topological polar surface area (TPSA) is 66.5 Å². The average molecular weight is 326 g/mol. The summed E-state index contributed by atoms with van der Waals surface area (Å²) in [5, 5.41) is 7.49. The van der Waals surface area contributed by atoms with Gasteiger partial charge in [-0.25, -0.2) is 8.42 Å². The fourth-order valence-corrected chi connectivity index (χ4v) is 5.88. The van der Waals surface area contributed by atoms with Gasteiger partial charge in [-0.15, -0.1) is 0 Å². The van der Waals surface area contributed by atoms with E-state index in [4.69, 9.17) is 0 Å². The molecule has 5 nitrogen and oxygen atoms in total. The van der Waals surface area contributed by atoms with Gasteiger partial charge in [0.25, 0.3) is 0 Å². The second-order valence-electron chi connectivity index (χ2n) is 6.31. The van der Waals surface area contributed by atoms with Crippen LogP contribution in [0.3, 0.4) is 0 Å². The largest absolute Gasteiger partial charge is 0.317 e. The van der Waals surface area contributed by atoms with Gasteiger partial charge in [-0.1, -0.05) is 0 Å². The lowest BCUT2D eigenvalue weighted by Crippen LogP contribution is -2.46. The Balaban J connectivity index is 1.68. The lowest BCUT2D eigenvalue weighted by molar-refractivity contribution is -0.132. The number of sulfone groups is 1. The van der Waals surface area contributed by atoms with Crippen molar-refractivity contribution in [3.8, 4) is 0 Å². The summed E-state index contributed by atoms with van der Waals surface area (Å²) in [6.07, 6.45) is 3.00. The summed E-state index contributed by atoms with van der Waals surface area (Å²) in [5.41, 5.74) is 0.661. The van der Waals surface area contributed by atoms with E-state index in [-0.39, 0.29) is 29.6 Å². The van der Waals surface area contributed by atoms with Crippen molar-refractivity contribution < 1.29 is 13.2 Å². The monoisotopic (exact) mass is 326 g/mol. The summed E-state index contributed by atoms with van der Waals surface area (Å²) < 4.78 is 23.9. The summed E-state index contributed by atoms with van der Waals surface area (Å²) >= 11 is 1.60. The molecule has 2 atom stereocenters. The van der Waals surface area contributed by atoms with Crippen LogP contribution < -0.4 is 5.32 Å². The van der Waals surface area contributed by atoms with Crippen LogP contribution in [0.4, 0.5) is 0 Å². The van der Waals surface area contributed by atoms with E-state index in [0.717, 1.165) is 24.8 Å². The number of nitrogens with one attached hydrogen (secondary N) is 1. The third kappa shape index (κ3) is 2.22. The molecule has 7 heteroatoms. The molecule has 0 bridgehead atoms. The molecule has 1 aliphatic carbocycles. The molecule has 1 spiro atoms. The van der Waals surface area contributed by atoms with Crippen LogP contribution in [0.2, 0.25) is 0 Å². The Labute approximate surface area is 128 Å². The van der Waals surface area contributed by atoms with Crippen LogP contribution in [-0.4, -0.2) is 42.3 Å². The highest BCUT2D eigenvalue weighted by Gasteiger charge is 2.60. The quantitative estimate of drug-likeness (QED) is 0.889. The van der Waals surface area contributed by atoms with E-state index in [1.54, 1.807) is 11.3 Å². The molecule has 2 unspecified atom stereocenters. The van der Waals surface area contributed by atoms with Crippen molar-refractivity contribution in [2.24, 2.45) is 0 Å². The number of carbonyl (C=O) groups excluding carboxylic acids is 1. The first-order valence-corrected chi connectivity index (χ1v) is 10.1. The number of hydrogen-bond donors (Lipinski definition) is 1. The zero-order valence-electron chi connectivity index (χ0n) is 11.6. The SMILES string of the molecule is O=C1N(C2CCCS(=O)(=O)C2)C(c2ccsc2)NC12CC2. The highest BCUT2D eigenvalue weighted by atomic mass is 32.2. The van der Waals surface area contributed by atoms with Crippen molar-refractivity contribution in [3.05, 3.63) is 22.4 Å². The molecule has 2 aliphatic heterocycles. The zero-order valence-corrected chi connectivity index (χ0v) is 13.3. The maximum atomic E-state index is 12.8. The Bertz CT molecular complexity index is 664. The lowest BCUT2D eigenvalue weighted by atomic mass is 10.1. The van der Waals surface area contributed by atoms with Crippen LogP contribution in [0.25, 0.3) is 0 Å². The molecule has 2 saturated heterocycles. The number of hydrogen-bond acceptors (Lipinski definition) is 5. The second kappa shape index (κ2) is 4.54. The van der Waals surface area contributed by atoms with Crippen molar-refractivity contribution in [1.29, 1.82) is 0 Å². The average Bonchev–Trinajstić information content (AvgIpc) is 2.90. The zero-order chi connectivity index (χ0) is 14.7. The van der Waals surface area contributed by atoms with Gasteiger partial charge >= 0.3 is 0 Å². The lowest BCUT2D eigenvalue weighted by Gasteiger charge is -2.34. The van der Waals surface area contributed by atoms with Gasteiger partial charge in [-0.2, -0.15) is 11.3 Å². The molecule has 0 radical (unpaired) electrons. The van der Waals surface area contributed by atoms with Gasteiger partial charge in [0.2, 0.25) is 5.91 Å². The van der Waals surface area contributed by atoms with E-state index in [1.165, 1.54) is 0 Å². The summed E-state index contributed by atoms with van der Waals surface area (Å²) in [6.45, 7) is 0. The van der Waals surface area contributed by atoms with E-state index < -0.39 is 15.4 Å².